The lowest BCUT2D eigenvalue weighted by Gasteiger charge is -2.30. The first-order chi connectivity index (χ1) is 13.3. The Morgan fingerprint density at radius 1 is 1.32 bits per heavy atom. The monoisotopic (exact) mass is 414 g/mol. The topological polar surface area (TPSA) is 93.5 Å². The van der Waals surface area contributed by atoms with Crippen LogP contribution in [-0.4, -0.2) is 48.1 Å². The largest absolute Gasteiger partial charge is 0.435 e. The molecule has 0 bridgehead atoms. The molecule has 1 aliphatic rings. The fourth-order valence-electron chi connectivity index (χ4n) is 3.02. The summed E-state index contributed by atoms with van der Waals surface area (Å²) in [5.41, 5.74) is 0.416. The zero-order valence-corrected chi connectivity index (χ0v) is 15.9. The Balaban J connectivity index is 1.64. The summed E-state index contributed by atoms with van der Waals surface area (Å²) >= 11 is 0. The number of anilines is 1. The number of carbonyl (C=O) groups is 1. The number of hydrogen-bond donors (Lipinski definition) is 1. The molecule has 1 N–H and O–H groups in total. The molecular weight excluding hydrogens is 394 g/mol. The molecule has 1 atom stereocenters. The lowest BCUT2D eigenvalue weighted by atomic mass is 9.99. The fraction of sp³-hybridized carbons (Fsp3) is 0.412. The summed E-state index contributed by atoms with van der Waals surface area (Å²) in [7, 11) is -2.09. The van der Waals surface area contributed by atoms with Crippen molar-refractivity contribution in [2.75, 3.05) is 18.4 Å². The molecule has 152 valence electrons. The van der Waals surface area contributed by atoms with Crippen LogP contribution in [0.4, 0.5) is 14.5 Å². The van der Waals surface area contributed by atoms with Crippen molar-refractivity contribution in [3.05, 3.63) is 36.7 Å². The molecule has 3 rings (SSSR count). The van der Waals surface area contributed by atoms with Crippen LogP contribution < -0.4 is 10.1 Å². The molecule has 1 amide bonds. The molecule has 0 saturated carbocycles. The van der Waals surface area contributed by atoms with Gasteiger partial charge in [0.1, 0.15) is 10.6 Å². The van der Waals surface area contributed by atoms with E-state index >= 15 is 0 Å². The number of ether oxygens (including phenoxy) is 1. The summed E-state index contributed by atoms with van der Waals surface area (Å²) in [5, 5.41) is 6.58. The quantitative estimate of drug-likeness (QED) is 0.781. The summed E-state index contributed by atoms with van der Waals surface area (Å²) in [5.74, 6) is -0.856. The predicted molar refractivity (Wildman–Crippen MR) is 96.4 cm³/mol. The van der Waals surface area contributed by atoms with Crippen molar-refractivity contribution in [2.45, 2.75) is 24.3 Å². The Kier molecular flexibility index (Phi) is 5.94. The second-order valence-corrected chi connectivity index (χ2v) is 8.38. The fourth-order valence-corrected chi connectivity index (χ4v) is 4.53. The van der Waals surface area contributed by atoms with Gasteiger partial charge in [0.15, 0.2) is 0 Å². The highest BCUT2D eigenvalue weighted by atomic mass is 32.2. The normalized spacial score (nSPS) is 18.2. The Morgan fingerprint density at radius 3 is 2.64 bits per heavy atom. The third-order valence-corrected chi connectivity index (χ3v) is 6.24. The molecule has 1 fully saturated rings. The van der Waals surface area contributed by atoms with Gasteiger partial charge < -0.3 is 10.1 Å². The Bertz CT molecular complexity index is 931. The van der Waals surface area contributed by atoms with Crippen LogP contribution in [0.5, 0.6) is 5.75 Å². The highest BCUT2D eigenvalue weighted by Crippen LogP contribution is 2.25. The number of rotatable bonds is 6. The van der Waals surface area contributed by atoms with E-state index in [0.29, 0.717) is 25.1 Å². The van der Waals surface area contributed by atoms with Crippen LogP contribution in [0.15, 0.2) is 41.6 Å². The number of amides is 1. The van der Waals surface area contributed by atoms with Crippen LogP contribution >= 0.6 is 0 Å². The number of carbonyl (C=O) groups excluding carboxylic acids is 1. The van der Waals surface area contributed by atoms with Crippen molar-refractivity contribution in [3.63, 3.8) is 0 Å². The first-order valence-electron chi connectivity index (χ1n) is 8.60. The molecule has 1 saturated heterocycles. The van der Waals surface area contributed by atoms with E-state index < -0.39 is 22.6 Å². The van der Waals surface area contributed by atoms with Crippen LogP contribution in [0.2, 0.25) is 0 Å². The van der Waals surface area contributed by atoms with E-state index in [0.717, 1.165) is 0 Å². The number of aryl methyl sites for hydroxylation is 1. The molecule has 8 nitrogen and oxygen atoms in total. The first kappa shape index (κ1) is 20.2. The molecule has 11 heteroatoms. The minimum atomic E-state index is -3.72. The number of hydrogen-bond acceptors (Lipinski definition) is 5. The highest BCUT2D eigenvalue weighted by molar-refractivity contribution is 7.89. The van der Waals surface area contributed by atoms with E-state index in [2.05, 4.69) is 15.2 Å². The van der Waals surface area contributed by atoms with Crippen molar-refractivity contribution in [1.29, 1.82) is 0 Å². The van der Waals surface area contributed by atoms with E-state index in [1.165, 1.54) is 45.6 Å². The lowest BCUT2D eigenvalue weighted by Crippen LogP contribution is -2.43. The van der Waals surface area contributed by atoms with Crippen LogP contribution in [0.1, 0.15) is 12.8 Å². The Labute approximate surface area is 161 Å². The zero-order valence-electron chi connectivity index (χ0n) is 15.1. The van der Waals surface area contributed by atoms with Gasteiger partial charge in [-0.3, -0.25) is 9.48 Å². The van der Waals surface area contributed by atoms with Gasteiger partial charge in [0.25, 0.3) is 0 Å². The van der Waals surface area contributed by atoms with Gasteiger partial charge in [-0.05, 0) is 37.1 Å². The summed E-state index contributed by atoms with van der Waals surface area (Å²) < 4.78 is 56.8. The first-order valence-corrected chi connectivity index (χ1v) is 10.0. The summed E-state index contributed by atoms with van der Waals surface area (Å²) in [6, 6.07) is 5.54. The maximum absolute atomic E-state index is 12.7. The summed E-state index contributed by atoms with van der Waals surface area (Å²) in [6.45, 7) is -2.52. The van der Waals surface area contributed by atoms with Crippen molar-refractivity contribution in [3.8, 4) is 5.75 Å². The summed E-state index contributed by atoms with van der Waals surface area (Å²) in [6.07, 6.45) is 3.81. The molecule has 28 heavy (non-hydrogen) atoms. The number of halogens is 2. The minimum Gasteiger partial charge on any atom is -0.435 e. The minimum absolute atomic E-state index is 0.0144. The molecule has 1 aromatic heterocycles. The number of piperidine rings is 1. The van der Waals surface area contributed by atoms with Gasteiger partial charge in [-0.2, -0.15) is 18.2 Å². The molecular formula is C17H20F2N4O4S. The second kappa shape index (κ2) is 8.23. The van der Waals surface area contributed by atoms with E-state index in [9.17, 15) is 22.0 Å². The number of sulfonamides is 1. The average Bonchev–Trinajstić information content (AvgIpc) is 3.10. The van der Waals surface area contributed by atoms with Crippen LogP contribution in [0.3, 0.4) is 0 Å². The van der Waals surface area contributed by atoms with Gasteiger partial charge in [-0.15, -0.1) is 0 Å². The van der Waals surface area contributed by atoms with Crippen molar-refractivity contribution in [2.24, 2.45) is 13.0 Å². The molecule has 1 aromatic carbocycles. The number of nitrogens with zero attached hydrogens (tertiary/aromatic N) is 3. The number of nitrogens with one attached hydrogen (secondary N) is 1. The smallest absolute Gasteiger partial charge is 0.387 e. The molecule has 0 aliphatic carbocycles. The van der Waals surface area contributed by atoms with Gasteiger partial charge in [-0.1, -0.05) is 0 Å². The zero-order chi connectivity index (χ0) is 20.3. The van der Waals surface area contributed by atoms with E-state index in [1.807, 2.05) is 0 Å². The number of benzene rings is 1. The average molecular weight is 414 g/mol. The van der Waals surface area contributed by atoms with Gasteiger partial charge in [-0.25, -0.2) is 8.42 Å². The highest BCUT2D eigenvalue weighted by Gasteiger charge is 2.34. The van der Waals surface area contributed by atoms with Gasteiger partial charge >= 0.3 is 6.61 Å². The van der Waals surface area contributed by atoms with Crippen molar-refractivity contribution in [1.82, 2.24) is 14.1 Å². The van der Waals surface area contributed by atoms with Crippen LogP contribution in [0.25, 0.3) is 0 Å². The van der Waals surface area contributed by atoms with Crippen LogP contribution in [-0.2, 0) is 21.9 Å². The Hall–Kier alpha value is -2.53. The Morgan fingerprint density at radius 2 is 2.04 bits per heavy atom. The number of aromatic nitrogens is 2. The van der Waals surface area contributed by atoms with E-state index in [1.54, 1.807) is 7.05 Å². The standard InChI is InChI=1S/C17H20F2N4O4S/c1-22-11-15(9-20-22)28(25,26)23-8-2-3-12(10-23)16(24)21-13-4-6-14(7-5-13)27-17(18)19/h4-7,9,11-12,17H,2-3,8,10H2,1H3,(H,21,24)/t12-/m0/s1. The SMILES string of the molecule is Cn1cc(S(=O)(=O)N2CCC[C@H](C(=O)Nc3ccc(OC(F)F)cc3)C2)cn1. The predicted octanol–water partition coefficient (Wildman–Crippen LogP) is 2.06. The van der Waals surface area contributed by atoms with Crippen molar-refractivity contribution < 1.29 is 26.7 Å². The van der Waals surface area contributed by atoms with Gasteiger partial charge in [0.2, 0.25) is 15.9 Å². The van der Waals surface area contributed by atoms with E-state index in [-0.39, 0.29) is 23.1 Å². The maximum Gasteiger partial charge on any atom is 0.387 e. The molecule has 2 heterocycles. The lowest BCUT2D eigenvalue weighted by molar-refractivity contribution is -0.120. The third-order valence-electron chi connectivity index (χ3n) is 4.42. The maximum atomic E-state index is 12.7. The second-order valence-electron chi connectivity index (χ2n) is 6.44. The summed E-state index contributed by atoms with van der Waals surface area (Å²) in [4.78, 5) is 12.6. The van der Waals surface area contributed by atoms with Crippen molar-refractivity contribution >= 4 is 21.6 Å². The molecule has 0 unspecified atom stereocenters. The molecule has 0 radical (unpaired) electrons. The van der Waals surface area contributed by atoms with Gasteiger partial charge in [0.05, 0.1) is 12.1 Å². The van der Waals surface area contributed by atoms with Crippen LogP contribution in [0, 0.1) is 5.92 Å². The molecule has 2 aromatic rings. The molecule has 0 spiro atoms. The third kappa shape index (κ3) is 4.65. The number of alkyl halides is 2. The van der Waals surface area contributed by atoms with Gasteiger partial charge in [0, 0.05) is 32.0 Å². The molecule has 1 aliphatic heterocycles. The van der Waals surface area contributed by atoms with E-state index in [4.69, 9.17) is 0 Å².